The molecule has 0 aliphatic carbocycles. The number of rotatable bonds is 3. The Hall–Kier alpha value is 0.464. The standard InChI is InChI=1S/C5H13NO2.V/c1-4(6)5(7-2)8-3;/h4-5H,6H2,1-3H3;. The third kappa shape index (κ3) is 4.94. The Labute approximate surface area is 67.8 Å². The zero-order chi connectivity index (χ0) is 6.57. The monoisotopic (exact) mass is 170 g/mol. The molecular weight excluding hydrogens is 157 g/mol. The van der Waals surface area contributed by atoms with Gasteiger partial charge < -0.3 is 15.2 Å². The minimum absolute atomic E-state index is 0. The number of hydrogen-bond donors (Lipinski definition) is 1. The molecule has 0 amide bonds. The molecule has 0 bridgehead atoms. The maximum absolute atomic E-state index is 5.41. The second-order valence-corrected chi connectivity index (χ2v) is 1.70. The molecule has 4 heteroatoms. The third-order valence-electron chi connectivity index (χ3n) is 0.894. The average molecular weight is 170 g/mol. The van der Waals surface area contributed by atoms with Gasteiger partial charge in [-0.25, -0.2) is 0 Å². The van der Waals surface area contributed by atoms with E-state index in [9.17, 15) is 0 Å². The topological polar surface area (TPSA) is 44.5 Å². The fourth-order valence-corrected chi connectivity index (χ4v) is 0.526. The van der Waals surface area contributed by atoms with Crippen molar-refractivity contribution in [3.05, 3.63) is 0 Å². The Morgan fingerprint density at radius 2 is 1.56 bits per heavy atom. The van der Waals surface area contributed by atoms with Crippen LogP contribution < -0.4 is 5.73 Å². The van der Waals surface area contributed by atoms with Gasteiger partial charge in [0.05, 0.1) is 6.04 Å². The van der Waals surface area contributed by atoms with E-state index >= 15 is 0 Å². The molecule has 0 aromatic heterocycles. The fourth-order valence-electron chi connectivity index (χ4n) is 0.526. The van der Waals surface area contributed by atoms with Crippen LogP contribution in [-0.4, -0.2) is 26.6 Å². The van der Waals surface area contributed by atoms with Crippen molar-refractivity contribution in [1.29, 1.82) is 0 Å². The maximum Gasteiger partial charge on any atom is 0.171 e. The van der Waals surface area contributed by atoms with Gasteiger partial charge in [-0.3, -0.25) is 0 Å². The number of ether oxygens (including phenoxy) is 2. The second-order valence-electron chi connectivity index (χ2n) is 1.70. The summed E-state index contributed by atoms with van der Waals surface area (Å²) in [6.45, 7) is 1.83. The molecule has 0 fully saturated rings. The van der Waals surface area contributed by atoms with E-state index in [2.05, 4.69) is 0 Å². The minimum Gasteiger partial charge on any atom is -0.354 e. The summed E-state index contributed by atoms with van der Waals surface area (Å²) in [5, 5.41) is 0. The molecule has 3 nitrogen and oxygen atoms in total. The van der Waals surface area contributed by atoms with Crippen LogP contribution in [0.15, 0.2) is 0 Å². The summed E-state index contributed by atoms with van der Waals surface area (Å²) >= 11 is 0. The Morgan fingerprint density at radius 3 is 1.56 bits per heavy atom. The second kappa shape index (κ2) is 6.58. The SMILES string of the molecule is COC(OC)C(C)N.[V]. The average Bonchev–Trinajstić information content (AvgIpc) is 1.69. The van der Waals surface area contributed by atoms with Gasteiger partial charge in [0.1, 0.15) is 0 Å². The summed E-state index contributed by atoms with van der Waals surface area (Å²) < 4.78 is 9.63. The first-order chi connectivity index (χ1) is 3.72. The third-order valence-corrected chi connectivity index (χ3v) is 0.894. The van der Waals surface area contributed by atoms with Gasteiger partial charge in [0, 0.05) is 32.8 Å². The Bertz CT molecular complexity index is 56.9. The van der Waals surface area contributed by atoms with E-state index in [4.69, 9.17) is 15.2 Å². The molecule has 55 valence electrons. The summed E-state index contributed by atoms with van der Waals surface area (Å²) in [5.41, 5.74) is 5.41. The molecule has 0 heterocycles. The molecular formula is C5H13NO2V. The van der Waals surface area contributed by atoms with E-state index < -0.39 is 0 Å². The molecule has 0 rings (SSSR count). The van der Waals surface area contributed by atoms with E-state index in [1.165, 1.54) is 0 Å². The largest absolute Gasteiger partial charge is 0.354 e. The van der Waals surface area contributed by atoms with Gasteiger partial charge >= 0.3 is 0 Å². The van der Waals surface area contributed by atoms with Gasteiger partial charge in [0.25, 0.3) is 0 Å². The van der Waals surface area contributed by atoms with Gasteiger partial charge in [-0.1, -0.05) is 0 Å². The van der Waals surface area contributed by atoms with E-state index in [-0.39, 0.29) is 30.9 Å². The van der Waals surface area contributed by atoms with Crippen LogP contribution in [0.25, 0.3) is 0 Å². The Kier molecular flexibility index (Phi) is 8.90. The van der Waals surface area contributed by atoms with Crippen molar-refractivity contribution in [3.63, 3.8) is 0 Å². The molecule has 0 spiro atoms. The van der Waals surface area contributed by atoms with Gasteiger partial charge in [-0.15, -0.1) is 0 Å². The quantitative estimate of drug-likeness (QED) is 0.604. The van der Waals surface area contributed by atoms with Crippen LogP contribution in [0.5, 0.6) is 0 Å². The van der Waals surface area contributed by atoms with Crippen molar-refractivity contribution < 1.29 is 28.0 Å². The van der Waals surface area contributed by atoms with Gasteiger partial charge in [-0.2, -0.15) is 0 Å². The van der Waals surface area contributed by atoms with Crippen molar-refractivity contribution in [2.24, 2.45) is 5.73 Å². The molecule has 1 unspecified atom stereocenters. The van der Waals surface area contributed by atoms with Crippen LogP contribution >= 0.6 is 0 Å². The first-order valence-corrected chi connectivity index (χ1v) is 2.53. The predicted molar refractivity (Wildman–Crippen MR) is 31.5 cm³/mol. The Balaban J connectivity index is 0. The van der Waals surface area contributed by atoms with Crippen molar-refractivity contribution in [2.75, 3.05) is 14.2 Å². The summed E-state index contributed by atoms with van der Waals surface area (Å²) in [6, 6.07) is -0.0648. The summed E-state index contributed by atoms with van der Waals surface area (Å²) in [4.78, 5) is 0. The van der Waals surface area contributed by atoms with Crippen molar-refractivity contribution in [1.82, 2.24) is 0 Å². The normalized spacial score (nSPS) is 13.0. The Morgan fingerprint density at radius 1 is 1.22 bits per heavy atom. The first-order valence-electron chi connectivity index (χ1n) is 2.53. The van der Waals surface area contributed by atoms with Crippen LogP contribution in [0, 0.1) is 0 Å². The molecule has 0 aliphatic heterocycles. The van der Waals surface area contributed by atoms with Crippen molar-refractivity contribution in [2.45, 2.75) is 19.3 Å². The molecule has 9 heavy (non-hydrogen) atoms. The smallest absolute Gasteiger partial charge is 0.171 e. The van der Waals surface area contributed by atoms with Gasteiger partial charge in [0.15, 0.2) is 6.29 Å². The van der Waals surface area contributed by atoms with Crippen LogP contribution in [0.2, 0.25) is 0 Å². The zero-order valence-corrected chi connectivity index (χ0v) is 7.39. The summed E-state index contributed by atoms with van der Waals surface area (Å²) in [7, 11) is 3.13. The molecule has 0 aromatic carbocycles. The van der Waals surface area contributed by atoms with E-state index in [1.807, 2.05) is 6.92 Å². The van der Waals surface area contributed by atoms with Crippen LogP contribution in [0.4, 0.5) is 0 Å². The molecule has 1 radical (unpaired) electrons. The van der Waals surface area contributed by atoms with Gasteiger partial charge in [0.2, 0.25) is 0 Å². The van der Waals surface area contributed by atoms with Crippen molar-refractivity contribution in [3.8, 4) is 0 Å². The fraction of sp³-hybridized carbons (Fsp3) is 1.00. The molecule has 2 N–H and O–H groups in total. The van der Waals surface area contributed by atoms with Crippen LogP contribution in [-0.2, 0) is 28.0 Å². The van der Waals surface area contributed by atoms with E-state index in [0.29, 0.717) is 0 Å². The maximum atomic E-state index is 5.41. The molecule has 1 atom stereocenters. The zero-order valence-electron chi connectivity index (χ0n) is 6.00. The first kappa shape index (κ1) is 12.2. The van der Waals surface area contributed by atoms with Crippen molar-refractivity contribution >= 4 is 0 Å². The minimum atomic E-state index is -0.269. The molecule has 0 aromatic rings. The molecule has 0 saturated heterocycles. The number of hydrogen-bond acceptors (Lipinski definition) is 3. The molecule has 0 saturated carbocycles. The van der Waals surface area contributed by atoms with E-state index in [0.717, 1.165) is 0 Å². The number of methoxy groups -OCH3 is 2. The van der Waals surface area contributed by atoms with Crippen LogP contribution in [0.1, 0.15) is 6.92 Å². The molecule has 0 aliphatic rings. The summed E-state index contributed by atoms with van der Waals surface area (Å²) in [5.74, 6) is 0. The summed E-state index contributed by atoms with van der Waals surface area (Å²) in [6.07, 6.45) is -0.269. The predicted octanol–water partition coefficient (Wildman–Crippen LogP) is -0.0500. The van der Waals surface area contributed by atoms with E-state index in [1.54, 1.807) is 14.2 Å². The van der Waals surface area contributed by atoms with Gasteiger partial charge in [-0.05, 0) is 6.92 Å². The number of nitrogens with two attached hydrogens (primary N) is 1. The van der Waals surface area contributed by atoms with Crippen LogP contribution in [0.3, 0.4) is 0 Å².